The summed E-state index contributed by atoms with van der Waals surface area (Å²) in [6.07, 6.45) is -4.79. The minimum Gasteiger partial charge on any atom is -0.316 e. The molecule has 0 radical (unpaired) electrons. The first-order valence-corrected chi connectivity index (χ1v) is 4.86. The molecule has 0 unspecified atom stereocenters. The number of alkyl halides is 3. The molecule has 1 rings (SSSR count). The number of rotatable bonds is 2. The van der Waals surface area contributed by atoms with E-state index in [9.17, 15) is 23.3 Å². The molecule has 0 saturated carbocycles. The third-order valence-electron chi connectivity index (χ3n) is 1.97. The third kappa shape index (κ3) is 2.80. The van der Waals surface area contributed by atoms with E-state index in [4.69, 9.17) is 28.9 Å². The first-order valence-electron chi connectivity index (χ1n) is 4.11. The average Bonchev–Trinajstić information content (AvgIpc) is 2.15. The Hall–Kier alpha value is -1.05. The van der Waals surface area contributed by atoms with Crippen molar-refractivity contribution < 1.29 is 18.1 Å². The Labute approximate surface area is 103 Å². The average molecular weight is 289 g/mol. The molecule has 2 N–H and O–H groups in total. The van der Waals surface area contributed by atoms with Crippen molar-refractivity contribution >= 4 is 28.9 Å². The quantitative estimate of drug-likeness (QED) is 0.669. The van der Waals surface area contributed by atoms with Crippen molar-refractivity contribution in [2.75, 3.05) is 0 Å². The summed E-state index contributed by atoms with van der Waals surface area (Å²) < 4.78 is 37.2. The Bertz CT molecular complexity index is 465. The summed E-state index contributed by atoms with van der Waals surface area (Å²) in [5.74, 6) is 0. The SMILES string of the molecule is N[C@H](c1c(Cl)ccc([N+](=O)[O-])c1Cl)C(F)(F)F. The molecule has 0 saturated heterocycles. The number of halogens is 5. The van der Waals surface area contributed by atoms with Crippen LogP contribution in [0.1, 0.15) is 11.6 Å². The van der Waals surface area contributed by atoms with Crippen LogP contribution in [0, 0.1) is 10.1 Å². The summed E-state index contributed by atoms with van der Waals surface area (Å²) in [6.45, 7) is 0. The van der Waals surface area contributed by atoms with Crippen LogP contribution in [0.2, 0.25) is 10.0 Å². The van der Waals surface area contributed by atoms with Gasteiger partial charge in [0.2, 0.25) is 0 Å². The monoisotopic (exact) mass is 288 g/mol. The van der Waals surface area contributed by atoms with Crippen LogP contribution < -0.4 is 5.73 Å². The van der Waals surface area contributed by atoms with E-state index in [0.29, 0.717) is 0 Å². The van der Waals surface area contributed by atoms with Gasteiger partial charge in [0.1, 0.15) is 11.1 Å². The van der Waals surface area contributed by atoms with Gasteiger partial charge in [-0.25, -0.2) is 0 Å². The van der Waals surface area contributed by atoms with Crippen LogP contribution >= 0.6 is 23.2 Å². The van der Waals surface area contributed by atoms with Gasteiger partial charge in [0.05, 0.1) is 4.92 Å². The van der Waals surface area contributed by atoms with E-state index in [1.165, 1.54) is 0 Å². The van der Waals surface area contributed by atoms with Crippen LogP contribution in [-0.4, -0.2) is 11.1 Å². The van der Waals surface area contributed by atoms with Gasteiger partial charge in [0.25, 0.3) is 5.69 Å². The van der Waals surface area contributed by atoms with Gasteiger partial charge in [0, 0.05) is 16.7 Å². The highest BCUT2D eigenvalue weighted by Gasteiger charge is 2.41. The molecule has 1 aromatic rings. The summed E-state index contributed by atoms with van der Waals surface area (Å²) in [4.78, 5) is 9.60. The van der Waals surface area contributed by atoms with E-state index in [-0.39, 0.29) is 5.02 Å². The van der Waals surface area contributed by atoms with Crippen LogP contribution in [0.5, 0.6) is 0 Å². The van der Waals surface area contributed by atoms with Gasteiger partial charge in [-0.3, -0.25) is 10.1 Å². The van der Waals surface area contributed by atoms with E-state index in [2.05, 4.69) is 0 Å². The first-order chi connectivity index (χ1) is 7.66. The second-order valence-electron chi connectivity index (χ2n) is 3.07. The van der Waals surface area contributed by atoms with Crippen molar-refractivity contribution in [2.24, 2.45) is 5.73 Å². The Balaban J connectivity index is 3.42. The lowest BCUT2D eigenvalue weighted by atomic mass is 10.1. The lowest BCUT2D eigenvalue weighted by molar-refractivity contribution is -0.384. The summed E-state index contributed by atoms with van der Waals surface area (Å²) in [5, 5.41) is 9.44. The molecule has 17 heavy (non-hydrogen) atoms. The third-order valence-corrected chi connectivity index (χ3v) is 2.69. The van der Waals surface area contributed by atoms with Crippen LogP contribution in [0.3, 0.4) is 0 Å². The molecule has 0 spiro atoms. The van der Waals surface area contributed by atoms with Crippen molar-refractivity contribution in [3.05, 3.63) is 37.9 Å². The topological polar surface area (TPSA) is 69.2 Å². The fourth-order valence-corrected chi connectivity index (χ4v) is 1.82. The number of nitrogens with two attached hydrogens (primary N) is 1. The van der Waals surface area contributed by atoms with Gasteiger partial charge in [-0.15, -0.1) is 0 Å². The number of nitro benzene ring substituents is 1. The number of hydrogen-bond donors (Lipinski definition) is 1. The van der Waals surface area contributed by atoms with Crippen molar-refractivity contribution in [1.82, 2.24) is 0 Å². The van der Waals surface area contributed by atoms with Crippen LogP contribution in [0.15, 0.2) is 12.1 Å². The van der Waals surface area contributed by atoms with E-state index in [0.717, 1.165) is 12.1 Å². The Morgan fingerprint density at radius 2 is 1.88 bits per heavy atom. The van der Waals surface area contributed by atoms with Crippen LogP contribution in [0.25, 0.3) is 0 Å². The molecule has 0 fully saturated rings. The standard InChI is InChI=1S/C8H5Cl2F3N2O2/c9-3-1-2-4(15(16)17)6(10)5(3)7(14)8(11,12)13/h1-2,7H,14H2/t7-/m1/s1. The maximum absolute atomic E-state index is 12.4. The molecule has 0 heterocycles. The van der Waals surface area contributed by atoms with Crippen molar-refractivity contribution in [1.29, 1.82) is 0 Å². The smallest absolute Gasteiger partial charge is 0.316 e. The summed E-state index contributed by atoms with van der Waals surface area (Å²) >= 11 is 11.0. The zero-order valence-electron chi connectivity index (χ0n) is 7.96. The predicted molar refractivity (Wildman–Crippen MR) is 56.1 cm³/mol. The lowest BCUT2D eigenvalue weighted by Gasteiger charge is -2.18. The highest BCUT2D eigenvalue weighted by molar-refractivity contribution is 6.37. The van der Waals surface area contributed by atoms with Gasteiger partial charge >= 0.3 is 6.18 Å². The molecule has 1 aromatic carbocycles. The molecule has 0 aliphatic rings. The van der Waals surface area contributed by atoms with Crippen LogP contribution in [0.4, 0.5) is 18.9 Å². The highest BCUT2D eigenvalue weighted by Crippen LogP contribution is 2.41. The fourth-order valence-electron chi connectivity index (χ4n) is 1.15. The minimum absolute atomic E-state index is 0.370. The van der Waals surface area contributed by atoms with Gasteiger partial charge in [-0.2, -0.15) is 13.2 Å². The molecule has 1 atom stereocenters. The summed E-state index contributed by atoms with van der Waals surface area (Å²) in [6, 6.07) is -0.605. The lowest BCUT2D eigenvalue weighted by Crippen LogP contribution is -2.29. The van der Waals surface area contributed by atoms with E-state index in [1.54, 1.807) is 0 Å². The molecule has 0 bridgehead atoms. The normalized spacial score (nSPS) is 13.5. The second kappa shape index (κ2) is 4.67. The van der Waals surface area contributed by atoms with Gasteiger partial charge in [0.15, 0.2) is 0 Å². The zero-order chi connectivity index (χ0) is 13.4. The van der Waals surface area contributed by atoms with Gasteiger partial charge in [-0.1, -0.05) is 23.2 Å². The summed E-state index contributed by atoms with van der Waals surface area (Å²) in [7, 11) is 0. The Kier molecular flexibility index (Phi) is 3.85. The molecule has 94 valence electrons. The zero-order valence-corrected chi connectivity index (χ0v) is 9.47. The maximum Gasteiger partial charge on any atom is 0.407 e. The second-order valence-corrected chi connectivity index (χ2v) is 3.86. The van der Waals surface area contributed by atoms with E-state index >= 15 is 0 Å². The minimum atomic E-state index is -4.79. The molecular weight excluding hydrogens is 284 g/mol. The molecule has 4 nitrogen and oxygen atoms in total. The van der Waals surface area contributed by atoms with Gasteiger partial charge in [-0.05, 0) is 6.07 Å². The van der Waals surface area contributed by atoms with Crippen molar-refractivity contribution in [3.8, 4) is 0 Å². The molecule has 0 aromatic heterocycles. The number of nitrogens with zero attached hydrogens (tertiary/aromatic N) is 1. The maximum atomic E-state index is 12.4. The number of hydrogen-bond acceptors (Lipinski definition) is 3. The largest absolute Gasteiger partial charge is 0.407 e. The molecular formula is C8H5Cl2F3N2O2. The highest BCUT2D eigenvalue weighted by atomic mass is 35.5. The predicted octanol–water partition coefficient (Wildman–Crippen LogP) is 3.46. The van der Waals surface area contributed by atoms with Crippen molar-refractivity contribution in [3.63, 3.8) is 0 Å². The Morgan fingerprint density at radius 1 is 1.35 bits per heavy atom. The van der Waals surface area contributed by atoms with E-state index in [1.807, 2.05) is 0 Å². The van der Waals surface area contributed by atoms with Crippen molar-refractivity contribution in [2.45, 2.75) is 12.2 Å². The fraction of sp³-hybridized carbons (Fsp3) is 0.250. The number of benzene rings is 1. The van der Waals surface area contributed by atoms with Crippen LogP contribution in [-0.2, 0) is 0 Å². The summed E-state index contributed by atoms with van der Waals surface area (Å²) in [5.41, 5.74) is 3.55. The molecule has 0 amide bonds. The first kappa shape index (κ1) is 14.0. The number of nitro groups is 1. The van der Waals surface area contributed by atoms with Gasteiger partial charge < -0.3 is 5.73 Å². The van der Waals surface area contributed by atoms with E-state index < -0.39 is 33.4 Å². The molecule has 0 aliphatic heterocycles. The molecule has 0 aliphatic carbocycles. The molecule has 9 heteroatoms. The Morgan fingerprint density at radius 3 is 2.29 bits per heavy atom.